The van der Waals surface area contributed by atoms with Gasteiger partial charge in [-0.1, -0.05) is 42.0 Å². The van der Waals surface area contributed by atoms with Crippen LogP contribution in [0.15, 0.2) is 71.1 Å². The Labute approximate surface area is 167 Å². The summed E-state index contributed by atoms with van der Waals surface area (Å²) in [6.07, 6.45) is -0.796. The molecule has 4 aromatic rings. The molecule has 0 saturated heterocycles. The van der Waals surface area contributed by atoms with E-state index in [0.717, 1.165) is 21.7 Å². The Morgan fingerprint density at radius 2 is 1.69 bits per heavy atom. The van der Waals surface area contributed by atoms with Crippen molar-refractivity contribution in [1.82, 2.24) is 10.9 Å². The highest BCUT2D eigenvalue weighted by molar-refractivity contribution is 5.97. The highest BCUT2D eigenvalue weighted by Gasteiger charge is 2.18. The van der Waals surface area contributed by atoms with Crippen LogP contribution in [0, 0.1) is 6.92 Å². The lowest BCUT2D eigenvalue weighted by atomic mass is 10.1. The summed E-state index contributed by atoms with van der Waals surface area (Å²) >= 11 is 0. The molecule has 1 heterocycles. The van der Waals surface area contributed by atoms with E-state index in [0.29, 0.717) is 11.3 Å². The van der Waals surface area contributed by atoms with Crippen LogP contribution in [0.2, 0.25) is 0 Å². The number of benzene rings is 3. The molecule has 4 rings (SSSR count). The zero-order chi connectivity index (χ0) is 20.4. The van der Waals surface area contributed by atoms with E-state index in [1.54, 1.807) is 25.1 Å². The number of carbonyl (C=O) groups is 2. The van der Waals surface area contributed by atoms with Gasteiger partial charge in [-0.25, -0.2) is 0 Å². The van der Waals surface area contributed by atoms with Crippen LogP contribution in [0.1, 0.15) is 23.0 Å². The maximum Gasteiger partial charge on any atom is 0.305 e. The van der Waals surface area contributed by atoms with Crippen LogP contribution in [0.5, 0.6) is 5.75 Å². The lowest BCUT2D eigenvalue weighted by Crippen LogP contribution is -2.47. The number of carbonyl (C=O) groups excluding carboxylic acids is 2. The molecule has 29 heavy (non-hydrogen) atoms. The standard InChI is InChI=1S/C23H20N2O4/c1-14-7-10-20-18(11-14)13-21(29-20)23(27)25-24-22(26)15(2)28-19-9-8-16-5-3-4-6-17(16)12-19/h3-13,15H,1-2H3,(H,24,26)(H,25,27). The molecule has 3 aromatic carbocycles. The van der Waals surface area contributed by atoms with Crippen LogP contribution in [0.25, 0.3) is 21.7 Å². The average Bonchev–Trinajstić information content (AvgIpc) is 3.15. The molecular formula is C23H20N2O4. The average molecular weight is 388 g/mol. The Hall–Kier alpha value is -3.80. The number of aryl methyl sites for hydroxylation is 1. The lowest BCUT2D eigenvalue weighted by molar-refractivity contribution is -0.128. The molecule has 0 aliphatic carbocycles. The monoisotopic (exact) mass is 388 g/mol. The van der Waals surface area contributed by atoms with Crippen molar-refractivity contribution in [3.05, 3.63) is 78.1 Å². The summed E-state index contributed by atoms with van der Waals surface area (Å²) in [5, 5.41) is 2.94. The van der Waals surface area contributed by atoms with Gasteiger partial charge in [0.15, 0.2) is 11.9 Å². The van der Waals surface area contributed by atoms with Crippen LogP contribution in [0.4, 0.5) is 0 Å². The Bertz CT molecular complexity index is 1210. The van der Waals surface area contributed by atoms with E-state index in [1.165, 1.54) is 0 Å². The van der Waals surface area contributed by atoms with Crippen LogP contribution in [-0.4, -0.2) is 17.9 Å². The largest absolute Gasteiger partial charge is 0.481 e. The molecule has 1 unspecified atom stereocenters. The number of hydrazine groups is 1. The summed E-state index contributed by atoms with van der Waals surface area (Å²) in [6, 6.07) is 20.8. The summed E-state index contributed by atoms with van der Waals surface area (Å²) in [4.78, 5) is 24.6. The molecule has 6 heteroatoms. The summed E-state index contributed by atoms with van der Waals surface area (Å²) < 4.78 is 11.2. The van der Waals surface area contributed by atoms with Gasteiger partial charge in [0.05, 0.1) is 0 Å². The van der Waals surface area contributed by atoms with Gasteiger partial charge in [0, 0.05) is 5.39 Å². The van der Waals surface area contributed by atoms with Gasteiger partial charge < -0.3 is 9.15 Å². The molecule has 2 N–H and O–H groups in total. The van der Waals surface area contributed by atoms with Crippen molar-refractivity contribution in [2.45, 2.75) is 20.0 Å². The molecule has 2 amide bonds. The van der Waals surface area contributed by atoms with Crippen LogP contribution in [0.3, 0.4) is 0 Å². The normalized spacial score (nSPS) is 11.9. The van der Waals surface area contributed by atoms with E-state index >= 15 is 0 Å². The van der Waals surface area contributed by atoms with Gasteiger partial charge in [0.1, 0.15) is 11.3 Å². The number of fused-ring (bicyclic) bond motifs is 2. The van der Waals surface area contributed by atoms with E-state index < -0.39 is 17.9 Å². The van der Waals surface area contributed by atoms with E-state index in [1.807, 2.05) is 55.5 Å². The highest BCUT2D eigenvalue weighted by atomic mass is 16.5. The number of rotatable bonds is 4. The van der Waals surface area contributed by atoms with Gasteiger partial charge in [-0.15, -0.1) is 0 Å². The second-order valence-electron chi connectivity index (χ2n) is 6.86. The Morgan fingerprint density at radius 1 is 0.897 bits per heavy atom. The molecule has 0 bridgehead atoms. The zero-order valence-electron chi connectivity index (χ0n) is 16.1. The Morgan fingerprint density at radius 3 is 2.52 bits per heavy atom. The number of amides is 2. The third-order valence-electron chi connectivity index (χ3n) is 4.60. The number of hydrogen-bond acceptors (Lipinski definition) is 4. The fourth-order valence-corrected chi connectivity index (χ4v) is 3.05. The van der Waals surface area contributed by atoms with E-state index in [-0.39, 0.29) is 5.76 Å². The molecule has 1 atom stereocenters. The zero-order valence-corrected chi connectivity index (χ0v) is 16.1. The molecule has 0 radical (unpaired) electrons. The predicted octanol–water partition coefficient (Wildman–Crippen LogP) is 4.12. The lowest BCUT2D eigenvalue weighted by Gasteiger charge is -2.15. The number of ether oxygens (including phenoxy) is 1. The molecular weight excluding hydrogens is 368 g/mol. The van der Waals surface area contributed by atoms with Crippen molar-refractivity contribution in [1.29, 1.82) is 0 Å². The first kappa shape index (κ1) is 18.6. The van der Waals surface area contributed by atoms with Gasteiger partial charge >= 0.3 is 5.91 Å². The minimum absolute atomic E-state index is 0.119. The maximum absolute atomic E-state index is 12.3. The number of nitrogens with one attached hydrogen (secondary N) is 2. The first-order valence-corrected chi connectivity index (χ1v) is 9.25. The number of furan rings is 1. The summed E-state index contributed by atoms with van der Waals surface area (Å²) in [7, 11) is 0. The SMILES string of the molecule is Cc1ccc2oc(C(=O)NNC(=O)C(C)Oc3ccc4ccccc4c3)cc2c1. The predicted molar refractivity (Wildman–Crippen MR) is 111 cm³/mol. The van der Waals surface area contributed by atoms with E-state index in [4.69, 9.17) is 9.15 Å². The third-order valence-corrected chi connectivity index (χ3v) is 4.60. The molecule has 0 fully saturated rings. The van der Waals surface area contributed by atoms with Gasteiger partial charge in [0.25, 0.3) is 5.91 Å². The fourth-order valence-electron chi connectivity index (χ4n) is 3.05. The molecule has 6 nitrogen and oxygen atoms in total. The van der Waals surface area contributed by atoms with Gasteiger partial charge in [-0.2, -0.15) is 0 Å². The first-order chi connectivity index (χ1) is 14.0. The van der Waals surface area contributed by atoms with Gasteiger partial charge in [-0.3, -0.25) is 20.4 Å². The second-order valence-corrected chi connectivity index (χ2v) is 6.86. The van der Waals surface area contributed by atoms with Crippen LogP contribution >= 0.6 is 0 Å². The van der Waals surface area contributed by atoms with Crippen molar-refractivity contribution >= 4 is 33.6 Å². The summed E-state index contributed by atoms with van der Waals surface area (Å²) in [5.41, 5.74) is 6.41. The fraction of sp³-hybridized carbons (Fsp3) is 0.130. The van der Waals surface area contributed by atoms with Crippen molar-refractivity contribution < 1.29 is 18.7 Å². The smallest absolute Gasteiger partial charge is 0.305 e. The molecule has 0 saturated carbocycles. The van der Waals surface area contributed by atoms with Crippen molar-refractivity contribution in [2.24, 2.45) is 0 Å². The maximum atomic E-state index is 12.3. The molecule has 0 aliphatic heterocycles. The minimum Gasteiger partial charge on any atom is -0.481 e. The molecule has 1 aromatic heterocycles. The minimum atomic E-state index is -0.796. The highest BCUT2D eigenvalue weighted by Crippen LogP contribution is 2.22. The molecule has 146 valence electrons. The number of hydrogen-bond donors (Lipinski definition) is 2. The second kappa shape index (κ2) is 7.67. The topological polar surface area (TPSA) is 80.6 Å². The van der Waals surface area contributed by atoms with Crippen molar-refractivity contribution in [3.63, 3.8) is 0 Å². The Kier molecular flexibility index (Phi) is 4.91. The van der Waals surface area contributed by atoms with Gasteiger partial charge in [0.2, 0.25) is 0 Å². The molecule has 0 aliphatic rings. The van der Waals surface area contributed by atoms with E-state index in [2.05, 4.69) is 10.9 Å². The summed E-state index contributed by atoms with van der Waals surface area (Å²) in [6.45, 7) is 3.57. The van der Waals surface area contributed by atoms with Crippen molar-refractivity contribution in [3.8, 4) is 5.75 Å². The van der Waals surface area contributed by atoms with E-state index in [9.17, 15) is 9.59 Å². The Balaban J connectivity index is 1.36. The first-order valence-electron chi connectivity index (χ1n) is 9.25. The summed E-state index contributed by atoms with van der Waals surface area (Å²) in [5.74, 6) is -0.317. The van der Waals surface area contributed by atoms with Crippen molar-refractivity contribution in [2.75, 3.05) is 0 Å². The molecule has 0 spiro atoms. The van der Waals surface area contributed by atoms with Gasteiger partial charge in [-0.05, 0) is 55.0 Å². The van der Waals surface area contributed by atoms with Crippen LogP contribution < -0.4 is 15.6 Å². The quantitative estimate of drug-likeness (QED) is 0.515. The third kappa shape index (κ3) is 4.06. The van der Waals surface area contributed by atoms with Crippen LogP contribution in [-0.2, 0) is 4.79 Å².